The first-order valence-electron chi connectivity index (χ1n) is 12.2. The third-order valence-corrected chi connectivity index (χ3v) is 9.99. The first kappa shape index (κ1) is 24.2. The van der Waals surface area contributed by atoms with Gasteiger partial charge in [-0.05, 0) is 61.5 Å². The normalized spacial score (nSPS) is 19.1. The molecule has 2 aliphatic heterocycles. The molecule has 35 heavy (non-hydrogen) atoms. The molecule has 3 aliphatic rings. The fourth-order valence-corrected chi connectivity index (χ4v) is 7.71. The second kappa shape index (κ2) is 9.85. The minimum Gasteiger partial charge on any atom is -0.495 e. The van der Waals surface area contributed by atoms with E-state index in [-0.39, 0.29) is 23.1 Å². The number of ether oxygens (including phenoxy) is 1. The van der Waals surface area contributed by atoms with Crippen LogP contribution in [0.1, 0.15) is 57.7 Å². The molecule has 5 rings (SSSR count). The van der Waals surface area contributed by atoms with E-state index in [0.717, 1.165) is 65.4 Å². The van der Waals surface area contributed by atoms with E-state index in [1.165, 1.54) is 11.3 Å². The van der Waals surface area contributed by atoms with E-state index >= 15 is 0 Å². The van der Waals surface area contributed by atoms with Crippen LogP contribution >= 0.6 is 23.1 Å². The number of ketones is 1. The molecule has 0 radical (unpaired) electrons. The molecule has 2 aromatic rings. The van der Waals surface area contributed by atoms with Crippen LogP contribution in [0.15, 0.2) is 28.5 Å². The van der Waals surface area contributed by atoms with Gasteiger partial charge in [0, 0.05) is 38.2 Å². The van der Waals surface area contributed by atoms with Crippen LogP contribution in [0.4, 0.5) is 10.5 Å². The van der Waals surface area contributed by atoms with Crippen LogP contribution < -0.4 is 10.1 Å². The van der Waals surface area contributed by atoms with Crippen molar-refractivity contribution in [3.05, 3.63) is 40.3 Å². The van der Waals surface area contributed by atoms with Crippen molar-refractivity contribution in [2.75, 3.05) is 44.9 Å². The number of amides is 3. The zero-order valence-electron chi connectivity index (χ0n) is 20.2. The Morgan fingerprint density at radius 3 is 2.51 bits per heavy atom. The number of methoxy groups -OCH3 is 1. The molecule has 9 heteroatoms. The molecular formula is C26H31N3O4S2. The number of rotatable bonds is 4. The Bertz CT molecular complexity index is 1150. The molecule has 2 saturated heterocycles. The van der Waals surface area contributed by atoms with E-state index in [1.54, 1.807) is 18.9 Å². The number of urea groups is 1. The molecule has 3 heterocycles. The summed E-state index contributed by atoms with van der Waals surface area (Å²) in [5.74, 6) is 0.901. The fourth-order valence-electron chi connectivity index (χ4n) is 5.62. The number of hydrogen-bond acceptors (Lipinski definition) is 6. The van der Waals surface area contributed by atoms with Crippen LogP contribution in [0.25, 0.3) is 0 Å². The number of likely N-dealkylation sites (tertiary alicyclic amines) is 2. The van der Waals surface area contributed by atoms with Gasteiger partial charge in [0.25, 0.3) is 5.91 Å². The van der Waals surface area contributed by atoms with Gasteiger partial charge in [-0.25, -0.2) is 4.79 Å². The van der Waals surface area contributed by atoms with E-state index < -0.39 is 0 Å². The largest absolute Gasteiger partial charge is 0.495 e. The summed E-state index contributed by atoms with van der Waals surface area (Å²) in [4.78, 5) is 43.5. The average Bonchev–Trinajstić information content (AvgIpc) is 3.47. The minimum atomic E-state index is -0.116. The Balaban J connectivity index is 1.22. The predicted octanol–water partition coefficient (Wildman–Crippen LogP) is 5.16. The molecule has 0 bridgehead atoms. The SMILES string of the molecule is COc1ccccc1NC(=O)N1CCC2(CC1)CCN(C(=O)c1sc(SC)c3c1CCCC3=O)C2. The number of Topliss-reactive ketones (excluding diaryl/α,β-unsaturated/α-hetero) is 1. The highest BCUT2D eigenvalue weighted by molar-refractivity contribution is 8.00. The van der Waals surface area contributed by atoms with Crippen molar-refractivity contribution in [2.45, 2.75) is 42.7 Å². The van der Waals surface area contributed by atoms with E-state index in [1.807, 2.05) is 40.3 Å². The summed E-state index contributed by atoms with van der Waals surface area (Å²) < 4.78 is 6.32. The average molecular weight is 514 g/mol. The molecule has 7 nitrogen and oxygen atoms in total. The van der Waals surface area contributed by atoms with E-state index in [0.29, 0.717) is 30.9 Å². The van der Waals surface area contributed by atoms with Crippen LogP contribution in [0.3, 0.4) is 0 Å². The smallest absolute Gasteiger partial charge is 0.321 e. The third kappa shape index (κ3) is 4.56. The third-order valence-electron chi connectivity index (χ3n) is 7.65. The van der Waals surface area contributed by atoms with Crippen LogP contribution in [-0.4, -0.2) is 67.1 Å². The van der Waals surface area contributed by atoms with Crippen LogP contribution in [-0.2, 0) is 6.42 Å². The highest BCUT2D eigenvalue weighted by Crippen LogP contribution is 2.44. The lowest BCUT2D eigenvalue weighted by atomic mass is 9.78. The number of nitrogens with one attached hydrogen (secondary N) is 1. The second-order valence-electron chi connectivity index (χ2n) is 9.65. The van der Waals surface area contributed by atoms with Crippen LogP contribution in [0, 0.1) is 5.41 Å². The molecule has 0 saturated carbocycles. The van der Waals surface area contributed by atoms with Crippen molar-refractivity contribution in [3.8, 4) is 5.75 Å². The number of thiophene rings is 1. The highest BCUT2D eigenvalue weighted by Gasteiger charge is 2.44. The van der Waals surface area contributed by atoms with Gasteiger partial charge < -0.3 is 19.9 Å². The summed E-state index contributed by atoms with van der Waals surface area (Å²) in [5.41, 5.74) is 2.51. The number of carbonyl (C=O) groups excluding carboxylic acids is 3. The maximum atomic E-state index is 13.5. The van der Waals surface area contributed by atoms with Gasteiger partial charge in [-0.15, -0.1) is 23.1 Å². The van der Waals surface area contributed by atoms with Crippen LogP contribution in [0.5, 0.6) is 5.75 Å². The van der Waals surface area contributed by atoms with E-state index in [2.05, 4.69) is 5.32 Å². The van der Waals surface area contributed by atoms with Gasteiger partial charge >= 0.3 is 6.03 Å². The Kier molecular flexibility index (Phi) is 6.81. The Hall–Kier alpha value is -2.52. The van der Waals surface area contributed by atoms with Crippen molar-refractivity contribution in [3.63, 3.8) is 0 Å². The summed E-state index contributed by atoms with van der Waals surface area (Å²) in [6.07, 6.45) is 6.93. The number of nitrogens with zero attached hydrogens (tertiary/aromatic N) is 2. The van der Waals surface area contributed by atoms with Crippen molar-refractivity contribution >= 4 is 46.5 Å². The topological polar surface area (TPSA) is 79.0 Å². The number of carbonyl (C=O) groups is 3. The number of anilines is 1. The Morgan fingerprint density at radius 1 is 1.09 bits per heavy atom. The summed E-state index contributed by atoms with van der Waals surface area (Å²) in [6, 6.07) is 7.29. The number of piperidine rings is 1. The van der Waals surface area contributed by atoms with Gasteiger partial charge in [0.1, 0.15) is 5.75 Å². The molecule has 1 N–H and O–H groups in total. The number of para-hydroxylation sites is 2. The monoisotopic (exact) mass is 513 g/mol. The van der Waals surface area contributed by atoms with Crippen molar-refractivity contribution in [1.29, 1.82) is 0 Å². The zero-order valence-corrected chi connectivity index (χ0v) is 21.9. The lowest BCUT2D eigenvalue weighted by molar-refractivity contribution is 0.0743. The summed E-state index contributed by atoms with van der Waals surface area (Å²) in [7, 11) is 1.59. The zero-order chi connectivity index (χ0) is 24.6. The summed E-state index contributed by atoms with van der Waals surface area (Å²) in [5, 5.41) is 2.97. The summed E-state index contributed by atoms with van der Waals surface area (Å²) >= 11 is 3.07. The van der Waals surface area contributed by atoms with Crippen molar-refractivity contribution < 1.29 is 19.1 Å². The number of hydrogen-bond donors (Lipinski definition) is 1. The minimum absolute atomic E-state index is 0.0619. The molecule has 1 aliphatic carbocycles. The first-order valence-corrected chi connectivity index (χ1v) is 14.2. The number of thioether (sulfide) groups is 1. The van der Waals surface area contributed by atoms with E-state index in [9.17, 15) is 14.4 Å². The molecule has 3 amide bonds. The van der Waals surface area contributed by atoms with Crippen molar-refractivity contribution in [1.82, 2.24) is 9.80 Å². The van der Waals surface area contributed by atoms with E-state index in [4.69, 9.17) is 4.74 Å². The Labute approximate surface area is 214 Å². The molecular weight excluding hydrogens is 482 g/mol. The number of fused-ring (bicyclic) bond motifs is 1. The quantitative estimate of drug-likeness (QED) is 0.572. The van der Waals surface area contributed by atoms with Gasteiger partial charge in [0.05, 0.1) is 21.9 Å². The molecule has 0 unspecified atom stereocenters. The molecule has 0 atom stereocenters. The molecule has 1 spiro atoms. The molecule has 1 aromatic carbocycles. The van der Waals surface area contributed by atoms with Gasteiger partial charge in [-0.3, -0.25) is 9.59 Å². The lowest BCUT2D eigenvalue weighted by Crippen LogP contribution is -2.46. The maximum Gasteiger partial charge on any atom is 0.321 e. The standard InChI is InChI=1S/C26H31N3O4S2/c1-33-20-9-4-3-7-18(20)27-25(32)28-13-10-26(11-14-28)12-15-29(16-26)23(31)22-17-6-5-8-19(30)21(17)24(34-2)35-22/h3-4,7,9H,5-6,8,10-16H2,1-2H3,(H,27,32). The van der Waals surface area contributed by atoms with Gasteiger partial charge in [0.15, 0.2) is 5.78 Å². The highest BCUT2D eigenvalue weighted by atomic mass is 32.2. The summed E-state index contributed by atoms with van der Waals surface area (Å²) in [6.45, 7) is 2.80. The van der Waals surface area contributed by atoms with Crippen LogP contribution in [0.2, 0.25) is 0 Å². The fraction of sp³-hybridized carbons (Fsp3) is 0.500. The lowest BCUT2D eigenvalue weighted by Gasteiger charge is -2.39. The first-order chi connectivity index (χ1) is 16.9. The van der Waals surface area contributed by atoms with Gasteiger partial charge in [0.2, 0.25) is 0 Å². The number of benzene rings is 1. The Morgan fingerprint density at radius 2 is 1.80 bits per heavy atom. The molecule has 186 valence electrons. The second-order valence-corrected chi connectivity index (χ2v) is 11.7. The van der Waals surface area contributed by atoms with Gasteiger partial charge in [-0.1, -0.05) is 12.1 Å². The predicted molar refractivity (Wildman–Crippen MR) is 139 cm³/mol. The molecule has 1 aromatic heterocycles. The molecule has 2 fully saturated rings. The van der Waals surface area contributed by atoms with Gasteiger partial charge in [-0.2, -0.15) is 0 Å². The maximum absolute atomic E-state index is 13.5. The van der Waals surface area contributed by atoms with Crippen molar-refractivity contribution in [2.24, 2.45) is 5.41 Å².